The van der Waals surface area contributed by atoms with Crippen molar-refractivity contribution in [1.82, 2.24) is 20.6 Å². The van der Waals surface area contributed by atoms with Crippen LogP contribution < -0.4 is 47.9 Å². The first-order valence-electron chi connectivity index (χ1n) is 2.96. The van der Waals surface area contributed by atoms with Crippen LogP contribution in [-0.2, 0) is 10.2 Å². The summed E-state index contributed by atoms with van der Waals surface area (Å²) >= 11 is 0. The second-order valence-electron chi connectivity index (χ2n) is 2.61. The monoisotopic (exact) mass is 168 g/mol. The molecular weight excluding hydrogens is 162 g/mol. The Bertz CT molecular complexity index is 262. The van der Waals surface area contributed by atoms with Crippen LogP contribution in [0.25, 0.3) is 0 Å². The molecule has 0 N–H and O–H groups in total. The van der Waals surface area contributed by atoms with Gasteiger partial charge in [-0.05, 0) is 0 Å². The van der Waals surface area contributed by atoms with Crippen molar-refractivity contribution in [2.75, 3.05) is 0 Å². The summed E-state index contributed by atoms with van der Waals surface area (Å²) in [4.78, 5) is 10.5. The van der Waals surface area contributed by atoms with Crippen molar-refractivity contribution in [2.24, 2.45) is 0 Å². The van der Waals surface area contributed by atoms with Gasteiger partial charge in [0.2, 0.25) is 0 Å². The molecule has 60 valence electrons. The first-order chi connectivity index (χ1) is 5.05. The molecule has 13 heavy (non-hydrogen) atoms. The van der Waals surface area contributed by atoms with E-state index in [4.69, 9.17) is 0 Å². The molecule has 1 aromatic rings. The number of aromatic nitrogens is 4. The second-order valence-corrected chi connectivity index (χ2v) is 2.61. The molecule has 0 saturated heterocycles. The predicted octanol–water partition coefficient (Wildman–Crippen LogP) is -8.14. The van der Waals surface area contributed by atoms with Gasteiger partial charge in [-0.25, -0.2) is 0 Å². The molecule has 0 amide bonds. The first kappa shape index (κ1) is 15.2. The summed E-state index contributed by atoms with van der Waals surface area (Å²) in [6, 6.07) is 0. The molecule has 0 aliphatic rings. The molecule has 8 heteroatoms. The van der Waals surface area contributed by atoms with Gasteiger partial charge in [-0.2, -0.15) is 5.21 Å². The minimum absolute atomic E-state index is 0. The van der Waals surface area contributed by atoms with E-state index in [2.05, 4.69) is 20.6 Å². The quantitative estimate of drug-likeness (QED) is 0.407. The predicted molar refractivity (Wildman–Crippen MR) is 31.2 cm³/mol. The Hall–Kier alpha value is -0.265. The van der Waals surface area contributed by atoms with E-state index >= 15 is 0 Å². The van der Waals surface area contributed by atoms with Gasteiger partial charge < -0.3 is 15.0 Å². The third-order valence-corrected chi connectivity index (χ3v) is 1.39. The van der Waals surface area contributed by atoms with Gasteiger partial charge in [-0.3, -0.25) is 10.3 Å². The van der Waals surface area contributed by atoms with Crippen molar-refractivity contribution >= 4 is 5.97 Å². The molecule has 0 radical (unpaired) electrons. The van der Waals surface area contributed by atoms with Crippen molar-refractivity contribution in [3.8, 4) is 0 Å². The SMILES string of the molecule is CC(C)(C(=O)[O-])c1nnn[n-]1.[Li+].[Li+]. The number of carboxylic acid groups (broad SMARTS) is 1. The van der Waals surface area contributed by atoms with E-state index in [1.807, 2.05) is 0 Å². The number of carbonyl (C=O) groups excluding carboxylic acids is 1. The summed E-state index contributed by atoms with van der Waals surface area (Å²) in [7, 11) is 0. The molecule has 0 spiro atoms. The van der Waals surface area contributed by atoms with Gasteiger partial charge >= 0.3 is 37.7 Å². The minimum atomic E-state index is -1.24. The van der Waals surface area contributed by atoms with Gasteiger partial charge in [-0.15, -0.1) is 0 Å². The Balaban J connectivity index is 0. The van der Waals surface area contributed by atoms with Crippen LogP contribution in [0, 0.1) is 0 Å². The van der Waals surface area contributed by atoms with Gasteiger partial charge in [0, 0.05) is 11.2 Å². The van der Waals surface area contributed by atoms with Crippen LogP contribution in [0.1, 0.15) is 19.7 Å². The Morgan fingerprint density at radius 2 is 2.00 bits per heavy atom. The number of tetrazole rings is 1. The van der Waals surface area contributed by atoms with E-state index in [9.17, 15) is 9.90 Å². The van der Waals surface area contributed by atoms with E-state index in [1.54, 1.807) is 0 Å². The maximum atomic E-state index is 10.5. The van der Waals surface area contributed by atoms with Crippen LogP contribution in [0.15, 0.2) is 0 Å². The maximum Gasteiger partial charge on any atom is 1.00 e. The van der Waals surface area contributed by atoms with Crippen molar-refractivity contribution in [3.05, 3.63) is 5.82 Å². The van der Waals surface area contributed by atoms with Crippen LogP contribution in [0.3, 0.4) is 0 Å². The summed E-state index contributed by atoms with van der Waals surface area (Å²) in [6.45, 7) is 2.86. The molecule has 1 aromatic heterocycles. The molecule has 0 unspecified atom stereocenters. The third-order valence-electron chi connectivity index (χ3n) is 1.39. The van der Waals surface area contributed by atoms with Crippen LogP contribution in [0.2, 0.25) is 0 Å². The first-order valence-corrected chi connectivity index (χ1v) is 2.96. The molecule has 1 heterocycles. The van der Waals surface area contributed by atoms with Gasteiger partial charge in [0.15, 0.2) is 0 Å². The number of carboxylic acids is 1. The fourth-order valence-corrected chi connectivity index (χ4v) is 0.486. The summed E-state index contributed by atoms with van der Waals surface area (Å²) in [5, 5.41) is 23.6. The summed E-state index contributed by atoms with van der Waals surface area (Å²) < 4.78 is 0. The molecular formula is C5H6Li2N4O2. The van der Waals surface area contributed by atoms with Crippen LogP contribution in [0.5, 0.6) is 0 Å². The summed E-state index contributed by atoms with van der Waals surface area (Å²) in [5.74, 6) is -1.18. The van der Waals surface area contributed by atoms with Gasteiger partial charge in [0.25, 0.3) is 0 Å². The van der Waals surface area contributed by atoms with Gasteiger partial charge in [0.05, 0.1) is 5.97 Å². The Morgan fingerprint density at radius 3 is 2.31 bits per heavy atom. The number of hydrogen-bond donors (Lipinski definition) is 0. The largest absolute Gasteiger partial charge is 1.00 e. The average Bonchev–Trinajstić information content (AvgIpc) is 2.37. The molecule has 0 saturated carbocycles. The van der Waals surface area contributed by atoms with Crippen LogP contribution >= 0.6 is 0 Å². The van der Waals surface area contributed by atoms with E-state index in [-0.39, 0.29) is 43.5 Å². The third kappa shape index (κ3) is 3.17. The smallest absolute Gasteiger partial charge is 0.549 e. The zero-order valence-electron chi connectivity index (χ0n) is 8.11. The number of rotatable bonds is 2. The molecule has 0 atom stereocenters. The molecule has 0 aliphatic heterocycles. The number of aliphatic carboxylic acids is 1. The molecule has 0 aromatic carbocycles. The van der Waals surface area contributed by atoms with Crippen molar-refractivity contribution in [3.63, 3.8) is 0 Å². The molecule has 1 rings (SSSR count). The minimum Gasteiger partial charge on any atom is -0.549 e. The second kappa shape index (κ2) is 5.46. The number of carbonyl (C=O) groups is 1. The summed E-state index contributed by atoms with van der Waals surface area (Å²) in [5.41, 5.74) is -1.22. The zero-order valence-corrected chi connectivity index (χ0v) is 8.11. The van der Waals surface area contributed by atoms with Crippen LogP contribution in [0.4, 0.5) is 0 Å². The molecule has 0 bridgehead atoms. The average molecular weight is 168 g/mol. The molecule has 0 fully saturated rings. The van der Waals surface area contributed by atoms with E-state index in [1.165, 1.54) is 13.8 Å². The Labute approximate surface area is 99.2 Å². The fraction of sp³-hybridized carbons (Fsp3) is 0.600. The zero-order chi connectivity index (χ0) is 8.48. The van der Waals surface area contributed by atoms with Crippen LogP contribution in [-0.4, -0.2) is 21.5 Å². The normalized spacial score (nSPS) is 9.69. The fourth-order valence-electron chi connectivity index (χ4n) is 0.486. The number of hydrogen-bond acceptors (Lipinski definition) is 5. The van der Waals surface area contributed by atoms with E-state index < -0.39 is 11.4 Å². The number of nitrogens with zero attached hydrogens (tertiary/aromatic N) is 4. The maximum absolute atomic E-state index is 10.5. The Kier molecular flexibility index (Phi) is 6.39. The Morgan fingerprint density at radius 1 is 1.46 bits per heavy atom. The van der Waals surface area contributed by atoms with Crippen molar-refractivity contribution in [2.45, 2.75) is 19.3 Å². The van der Waals surface area contributed by atoms with Gasteiger partial charge in [0.1, 0.15) is 0 Å². The van der Waals surface area contributed by atoms with Gasteiger partial charge in [-0.1, -0.05) is 13.8 Å². The van der Waals surface area contributed by atoms with Crippen molar-refractivity contribution in [1.29, 1.82) is 0 Å². The standard InChI is InChI=1S/C5H8N4O2.2Li/c1-5(2,4(10)11)3-6-8-9-7-3;;/h1-2H3,(H2,6,7,8,9,10,11);;/q;2*+1/p-2. The van der Waals surface area contributed by atoms with E-state index in [0.717, 1.165) is 0 Å². The molecule has 0 aliphatic carbocycles. The topological polar surface area (TPSA) is 92.9 Å². The van der Waals surface area contributed by atoms with E-state index in [0.29, 0.717) is 0 Å². The van der Waals surface area contributed by atoms with Crippen molar-refractivity contribution < 1.29 is 47.6 Å². The molecule has 6 nitrogen and oxygen atoms in total. The summed E-state index contributed by atoms with van der Waals surface area (Å²) in [6.07, 6.45) is 0.